The molecule has 27 heteroatoms. The first-order valence-electron chi connectivity index (χ1n) is 40.2. The lowest BCUT2D eigenvalue weighted by Crippen LogP contribution is -2.43. The summed E-state index contributed by atoms with van der Waals surface area (Å²) in [5.74, 6) is -3.61. The quantitative estimate of drug-likeness (QED) is 0.0158. The molecule has 119 heavy (non-hydrogen) atoms. The van der Waals surface area contributed by atoms with Gasteiger partial charge in [0.25, 0.3) is 0 Å². The third-order valence-electron chi connectivity index (χ3n) is 22.3. The van der Waals surface area contributed by atoms with Gasteiger partial charge < -0.3 is 56.8 Å². The van der Waals surface area contributed by atoms with E-state index in [-0.39, 0.29) is 177 Å². The van der Waals surface area contributed by atoms with Crippen molar-refractivity contribution in [3.63, 3.8) is 0 Å². The topological polar surface area (TPSA) is 213 Å². The number of esters is 6. The first kappa shape index (κ1) is 141. The minimum Gasteiger partial charge on any atom is -0.438 e. The molecular formula is C92H187F9O18. The average Bonchev–Trinajstić information content (AvgIpc) is 0.921. The summed E-state index contributed by atoms with van der Waals surface area (Å²) in [5.41, 5.74) is -8.16. The molecule has 0 aliphatic heterocycles. The van der Waals surface area contributed by atoms with Gasteiger partial charge >= 0.3 is 54.3 Å². The second-order valence-electron chi connectivity index (χ2n) is 31.4. The van der Waals surface area contributed by atoms with Crippen LogP contribution in [0.5, 0.6) is 0 Å². The van der Waals surface area contributed by atoms with Gasteiger partial charge in [-0.25, -0.2) is 0 Å². The molecule has 0 aromatic heterocycles. The second kappa shape index (κ2) is 74.2. The Labute approximate surface area is 723 Å². The number of rotatable bonds is 31. The Balaban J connectivity index is -0.000000113. The number of carbonyl (C=O) groups is 6. The first-order chi connectivity index (χ1) is 50.3. The highest BCUT2D eigenvalue weighted by Gasteiger charge is 2.58. The summed E-state index contributed by atoms with van der Waals surface area (Å²) in [5, 5.41) is 0. The summed E-state index contributed by atoms with van der Waals surface area (Å²) < 4.78 is 177. The highest BCUT2D eigenvalue weighted by Crippen LogP contribution is 2.44. The smallest absolute Gasteiger partial charge is 0.404 e. The van der Waals surface area contributed by atoms with Crippen molar-refractivity contribution in [2.75, 3.05) is 47.4 Å². The van der Waals surface area contributed by atoms with Crippen LogP contribution in [0.4, 0.5) is 39.5 Å². The Bertz CT molecular complexity index is 2390. The Morgan fingerprint density at radius 2 is 0.471 bits per heavy atom. The maximum absolute atomic E-state index is 12.8. The Kier molecular flexibility index (Phi) is 87.8. The number of ether oxygens (including phenoxy) is 12. The number of carbonyl (C=O) groups excluding carboxylic acids is 6. The molecular weight excluding hydrogens is 1560 g/mol. The van der Waals surface area contributed by atoms with Gasteiger partial charge in [-0.05, 0) is 170 Å². The molecule has 0 amide bonds. The van der Waals surface area contributed by atoms with Gasteiger partial charge in [0.1, 0.15) is 0 Å². The molecule has 0 bridgehead atoms. The zero-order chi connectivity index (χ0) is 80.8. The van der Waals surface area contributed by atoms with Crippen molar-refractivity contribution >= 4 is 35.8 Å². The molecule has 6 rings (SSSR count). The first-order valence-corrected chi connectivity index (χ1v) is 40.2. The van der Waals surface area contributed by atoms with Crippen molar-refractivity contribution in [2.45, 2.75) is 479 Å². The third kappa shape index (κ3) is 55.1. The van der Waals surface area contributed by atoms with Crippen LogP contribution in [0.1, 0.15) is 430 Å². The van der Waals surface area contributed by atoms with E-state index < -0.39 is 83.9 Å². The predicted molar refractivity (Wildman–Crippen MR) is 469 cm³/mol. The van der Waals surface area contributed by atoms with E-state index in [2.05, 4.69) is 14.2 Å². The monoisotopic (exact) mass is 1750 g/mol. The zero-order valence-electron chi connectivity index (χ0n) is 67.6. The fraction of sp³-hybridized carbons (Fsp3) is 0.935. The van der Waals surface area contributed by atoms with Crippen LogP contribution >= 0.6 is 0 Å². The van der Waals surface area contributed by atoms with Gasteiger partial charge in [0.2, 0.25) is 0 Å². The van der Waals surface area contributed by atoms with Crippen molar-refractivity contribution in [3.8, 4) is 0 Å². The third-order valence-corrected chi connectivity index (χ3v) is 22.3. The van der Waals surface area contributed by atoms with E-state index >= 15 is 0 Å². The van der Waals surface area contributed by atoms with Crippen molar-refractivity contribution in [3.05, 3.63) is 0 Å². The summed E-state index contributed by atoms with van der Waals surface area (Å²) in [7, 11) is 0. The average molecular weight is 1750 g/mol. The fourth-order valence-corrected chi connectivity index (χ4v) is 11.9. The molecule has 0 heterocycles. The van der Waals surface area contributed by atoms with Crippen LogP contribution in [0.25, 0.3) is 0 Å². The number of hydrogen-bond acceptors (Lipinski definition) is 18. The molecule has 6 aliphatic rings. The van der Waals surface area contributed by atoms with E-state index in [1.54, 1.807) is 0 Å². The lowest BCUT2D eigenvalue weighted by Gasteiger charge is -2.29. The highest BCUT2D eigenvalue weighted by molar-refractivity contribution is 5.78. The molecule has 0 spiro atoms. The highest BCUT2D eigenvalue weighted by atomic mass is 19.4. The van der Waals surface area contributed by atoms with Gasteiger partial charge in [-0.3, -0.25) is 28.8 Å². The Morgan fingerprint density at radius 3 is 0.681 bits per heavy atom. The molecule has 0 aromatic carbocycles. The van der Waals surface area contributed by atoms with E-state index in [0.717, 1.165) is 169 Å². The maximum Gasteiger partial charge on any atom is 0.404 e. The van der Waals surface area contributed by atoms with Gasteiger partial charge in [0.15, 0.2) is 57.0 Å². The molecule has 0 saturated heterocycles. The standard InChI is InChI=1S/C14H23F3O3.2C14H26O3.C13H21F3O3.C13H24O3.C12H19F3O3.12CH4/c1-3-13(2,14(15,16)17)12(18)20-10-19-11-8-6-4-5-7-9-11;1-4-14(2,3)13(15)17-11-16-10-12-8-6-5-7-9-12;1-4-14(2,3)13(15)17-11-16-12-9-7-5-6-8-10-12;1-3-12(2,13(14,15)16)11(17)19-9-18-10-7-5-4-6-8-10;1-3-11(2)13(14)16-10-15-12-8-6-4-5-7-9-12;1-3-11(2,12(13,14)15)10(16)18-8-17-9-6-4-5-7-9;;;;;;;;;;;;/h11H,3-10H2,1-2H3;2*12H,4-11H2,1-3H3;10H,3-9H2,1-2H3;11-12H,3-10H2,1-2H3;9H,3-8H2,1-2H3;12*1H4. The number of hydrogen-bond donors (Lipinski definition) is 0. The van der Waals surface area contributed by atoms with E-state index in [9.17, 15) is 68.3 Å². The fourth-order valence-electron chi connectivity index (χ4n) is 11.9. The summed E-state index contributed by atoms with van der Waals surface area (Å²) in [6, 6.07) is 0. The summed E-state index contributed by atoms with van der Waals surface area (Å²) in [6.07, 6.45) is 24.3. The van der Waals surface area contributed by atoms with Crippen LogP contribution in [-0.2, 0) is 85.6 Å². The van der Waals surface area contributed by atoms with Crippen molar-refractivity contribution < 1.29 is 125 Å². The van der Waals surface area contributed by atoms with Crippen molar-refractivity contribution in [2.24, 2.45) is 38.9 Å². The van der Waals surface area contributed by atoms with Gasteiger partial charge in [-0.1, -0.05) is 266 Å². The molecule has 4 atom stereocenters. The minimum absolute atomic E-state index is 0. The van der Waals surface area contributed by atoms with Gasteiger partial charge in [0, 0.05) is 0 Å². The van der Waals surface area contributed by atoms with Gasteiger partial charge in [-0.15, -0.1) is 0 Å². The molecule has 0 N–H and O–H groups in total. The van der Waals surface area contributed by atoms with Gasteiger partial charge in [0.05, 0.1) is 53.9 Å². The minimum atomic E-state index is -4.61. The molecule has 4 unspecified atom stereocenters. The normalized spacial score (nSPS) is 18.0. The van der Waals surface area contributed by atoms with Crippen molar-refractivity contribution in [1.29, 1.82) is 0 Å². The van der Waals surface area contributed by atoms with Crippen LogP contribution < -0.4 is 0 Å². The zero-order valence-corrected chi connectivity index (χ0v) is 67.6. The summed E-state index contributed by atoms with van der Waals surface area (Å²) in [6.45, 7) is 21.9. The van der Waals surface area contributed by atoms with Crippen LogP contribution in [0, 0.1) is 38.9 Å². The summed E-state index contributed by atoms with van der Waals surface area (Å²) in [4.78, 5) is 69.4. The van der Waals surface area contributed by atoms with Crippen LogP contribution in [0.3, 0.4) is 0 Å². The van der Waals surface area contributed by atoms with E-state index in [0.29, 0.717) is 12.0 Å². The molecule has 0 radical (unpaired) electrons. The molecule has 6 fully saturated rings. The number of halogens is 9. The Morgan fingerprint density at radius 1 is 0.277 bits per heavy atom. The van der Waals surface area contributed by atoms with Crippen LogP contribution in [0.2, 0.25) is 0 Å². The van der Waals surface area contributed by atoms with Gasteiger partial charge in [-0.2, -0.15) is 39.5 Å². The molecule has 6 aliphatic carbocycles. The van der Waals surface area contributed by atoms with Crippen molar-refractivity contribution in [1.82, 2.24) is 0 Å². The second-order valence-corrected chi connectivity index (χ2v) is 31.4. The molecule has 726 valence electrons. The number of alkyl halides is 9. The SMILES string of the molecule is C.C.C.C.C.C.C.C.C.C.C.C.CCC(C)(C(=O)OCOC1CCCC1)C(F)(F)F.CCC(C)(C(=O)OCOC1CCCCC1)C(F)(F)F.CCC(C)(C(=O)OCOC1CCCCCC1)C(F)(F)F.CCC(C)(C)C(=O)OCOC1CCCCCC1.CCC(C)(C)C(=O)OCOCC1CCCCC1.CCC(C)C(=O)OCOC1CCCCCC1. The molecule has 0 aromatic rings. The van der Waals surface area contributed by atoms with E-state index in [4.69, 9.17) is 42.6 Å². The van der Waals surface area contributed by atoms with E-state index in [1.807, 2.05) is 55.4 Å². The Hall–Kier alpha value is -4.05. The van der Waals surface area contributed by atoms with Crippen LogP contribution in [0.15, 0.2) is 0 Å². The maximum atomic E-state index is 12.8. The summed E-state index contributed by atoms with van der Waals surface area (Å²) >= 11 is 0. The predicted octanol–water partition coefficient (Wildman–Crippen LogP) is 29.5. The molecule has 18 nitrogen and oxygen atoms in total. The largest absolute Gasteiger partial charge is 0.438 e. The molecule has 6 saturated carbocycles. The van der Waals surface area contributed by atoms with Crippen LogP contribution in [-0.4, -0.2) is 132 Å². The lowest BCUT2D eigenvalue weighted by molar-refractivity contribution is -0.238. The lowest BCUT2D eigenvalue weighted by atomic mass is 9.87. The van der Waals surface area contributed by atoms with E-state index in [1.165, 1.54) is 104 Å².